The molecule has 2 heterocycles. The summed E-state index contributed by atoms with van der Waals surface area (Å²) in [6.07, 6.45) is -2.94. The molecule has 0 bridgehead atoms. The summed E-state index contributed by atoms with van der Waals surface area (Å²) in [5.41, 5.74) is 2.11. The van der Waals surface area contributed by atoms with E-state index in [0.717, 1.165) is 12.1 Å². The van der Waals surface area contributed by atoms with Gasteiger partial charge in [0.25, 0.3) is 0 Å². The Kier molecular flexibility index (Phi) is 5.93. The van der Waals surface area contributed by atoms with Crippen molar-refractivity contribution in [2.75, 3.05) is 22.9 Å². The molecular formula is C25H23F4N3O. The number of anilines is 2. The Morgan fingerprint density at radius 3 is 2.30 bits per heavy atom. The summed E-state index contributed by atoms with van der Waals surface area (Å²) in [5, 5.41) is 9.54. The molecule has 8 heteroatoms. The van der Waals surface area contributed by atoms with E-state index in [9.17, 15) is 18.4 Å². The van der Waals surface area contributed by atoms with Crippen LogP contribution in [0.1, 0.15) is 30.5 Å². The molecule has 33 heavy (non-hydrogen) atoms. The van der Waals surface area contributed by atoms with Crippen molar-refractivity contribution in [2.45, 2.75) is 38.8 Å². The molecule has 0 aliphatic carbocycles. The van der Waals surface area contributed by atoms with Crippen LogP contribution in [0.5, 0.6) is 0 Å². The molecule has 4 nitrogen and oxygen atoms in total. The highest BCUT2D eigenvalue weighted by Gasteiger charge is 2.31. The van der Waals surface area contributed by atoms with Crippen LogP contribution in [0.4, 0.5) is 28.9 Å². The number of alkyl halides is 3. The first kappa shape index (κ1) is 22.9. The predicted molar refractivity (Wildman–Crippen MR) is 119 cm³/mol. The molecule has 2 aliphatic heterocycles. The lowest BCUT2D eigenvalue weighted by Crippen LogP contribution is -2.46. The maximum atomic E-state index is 15.2. The van der Waals surface area contributed by atoms with Crippen molar-refractivity contribution in [1.82, 2.24) is 0 Å². The lowest BCUT2D eigenvalue weighted by atomic mass is 9.94. The number of ether oxygens (including phenoxy) is 1. The van der Waals surface area contributed by atoms with Crippen molar-refractivity contribution in [3.05, 3.63) is 77.3 Å². The highest BCUT2D eigenvalue weighted by atomic mass is 19.4. The van der Waals surface area contributed by atoms with Gasteiger partial charge >= 0.3 is 6.18 Å². The molecule has 2 aliphatic rings. The molecule has 2 unspecified atom stereocenters. The fourth-order valence-electron chi connectivity index (χ4n) is 4.32. The monoisotopic (exact) mass is 457 g/mol. The maximum Gasteiger partial charge on any atom is 0.416 e. The smallest absolute Gasteiger partial charge is 0.372 e. The van der Waals surface area contributed by atoms with Gasteiger partial charge in [-0.2, -0.15) is 18.4 Å². The number of hydrogen-bond acceptors (Lipinski definition) is 4. The lowest BCUT2D eigenvalue weighted by molar-refractivity contribution is -0.137. The van der Waals surface area contributed by atoms with Gasteiger partial charge in [0.05, 0.1) is 34.7 Å². The number of hydrogen-bond donors (Lipinski definition) is 0. The molecule has 0 saturated carbocycles. The van der Waals surface area contributed by atoms with Crippen LogP contribution in [0, 0.1) is 17.1 Å². The molecule has 1 saturated heterocycles. The molecule has 0 N–H and O–H groups in total. The van der Waals surface area contributed by atoms with E-state index in [4.69, 9.17) is 4.74 Å². The number of fused-ring (bicyclic) bond motifs is 1. The van der Waals surface area contributed by atoms with Crippen LogP contribution in [0.3, 0.4) is 0 Å². The molecule has 0 radical (unpaired) electrons. The summed E-state index contributed by atoms with van der Waals surface area (Å²) in [6, 6.07) is 10.0. The largest absolute Gasteiger partial charge is 0.416 e. The average Bonchev–Trinajstić information content (AvgIpc) is 2.74. The Balaban J connectivity index is 1.72. The highest BCUT2D eigenvalue weighted by Crippen LogP contribution is 2.41. The van der Waals surface area contributed by atoms with Crippen molar-refractivity contribution in [2.24, 2.45) is 0 Å². The average molecular weight is 457 g/mol. The maximum absolute atomic E-state index is 15.2. The minimum absolute atomic E-state index is 0.0625. The minimum Gasteiger partial charge on any atom is -0.372 e. The number of halogens is 4. The van der Waals surface area contributed by atoms with E-state index in [1.807, 2.05) is 18.7 Å². The van der Waals surface area contributed by atoms with E-state index in [1.165, 1.54) is 18.2 Å². The van der Waals surface area contributed by atoms with E-state index < -0.39 is 17.6 Å². The van der Waals surface area contributed by atoms with Crippen molar-refractivity contribution < 1.29 is 22.3 Å². The normalized spacial score (nSPS) is 20.9. The van der Waals surface area contributed by atoms with Gasteiger partial charge in [0.2, 0.25) is 0 Å². The summed E-state index contributed by atoms with van der Waals surface area (Å²) in [6.45, 7) is 9.08. The van der Waals surface area contributed by atoms with Crippen LogP contribution < -0.4 is 9.80 Å². The third-order valence-electron chi connectivity index (χ3n) is 5.82. The SMILES string of the molecule is C=C1C(C#N)=CN(Cc2ccc(C(F)(F)F)cc2)c2cc(N3CC(C)OC(C)C3)c(F)cc21. The van der Waals surface area contributed by atoms with Crippen LogP contribution >= 0.6 is 0 Å². The number of nitrogens with zero attached hydrogens (tertiary/aromatic N) is 3. The standard InChI is InChI=1S/C25H23F4N3O/c1-15-11-31(12-16(2)33-15)24-9-23-21(8-22(24)26)17(3)19(10-30)14-32(23)13-18-4-6-20(7-5-18)25(27,28)29/h4-9,14-16H,3,11-13H2,1-2H3. The number of nitriles is 1. The summed E-state index contributed by atoms with van der Waals surface area (Å²) in [4.78, 5) is 3.68. The first-order chi connectivity index (χ1) is 15.6. The van der Waals surface area contributed by atoms with Gasteiger partial charge in [0.1, 0.15) is 11.9 Å². The molecule has 0 aromatic heterocycles. The molecule has 172 valence electrons. The number of rotatable bonds is 3. The summed E-state index contributed by atoms with van der Waals surface area (Å²) in [7, 11) is 0. The predicted octanol–water partition coefficient (Wildman–Crippen LogP) is 5.90. The fraction of sp³-hybridized carbons (Fsp3) is 0.320. The van der Waals surface area contributed by atoms with E-state index in [2.05, 4.69) is 12.6 Å². The second-order valence-corrected chi connectivity index (χ2v) is 8.44. The molecule has 2 aromatic rings. The van der Waals surface area contributed by atoms with Gasteiger partial charge in [-0.3, -0.25) is 0 Å². The highest BCUT2D eigenvalue weighted by molar-refractivity contribution is 5.92. The third-order valence-corrected chi connectivity index (χ3v) is 5.82. The van der Waals surface area contributed by atoms with Crippen LogP contribution in [0.15, 0.2) is 54.8 Å². The molecule has 2 atom stereocenters. The van der Waals surface area contributed by atoms with Crippen LogP contribution in [-0.2, 0) is 17.5 Å². The molecule has 1 fully saturated rings. The van der Waals surface area contributed by atoms with Gasteiger partial charge in [-0.15, -0.1) is 0 Å². The second kappa shape index (κ2) is 8.56. The van der Waals surface area contributed by atoms with Crippen LogP contribution in [0.25, 0.3) is 5.57 Å². The van der Waals surface area contributed by atoms with Gasteiger partial charge in [-0.05, 0) is 49.2 Å². The van der Waals surface area contributed by atoms with Crippen molar-refractivity contribution >= 4 is 16.9 Å². The van der Waals surface area contributed by atoms with Crippen molar-refractivity contribution in [3.8, 4) is 6.07 Å². The van der Waals surface area contributed by atoms with Gasteiger partial charge in [0, 0.05) is 31.4 Å². The Morgan fingerprint density at radius 1 is 1.09 bits per heavy atom. The number of morpholine rings is 1. The van der Waals surface area contributed by atoms with Crippen LogP contribution in [0.2, 0.25) is 0 Å². The van der Waals surface area contributed by atoms with Gasteiger partial charge in [-0.1, -0.05) is 18.7 Å². The Hall–Kier alpha value is -3.31. The topological polar surface area (TPSA) is 39.5 Å². The van der Waals surface area contributed by atoms with Gasteiger partial charge < -0.3 is 14.5 Å². The van der Waals surface area contributed by atoms with Gasteiger partial charge in [-0.25, -0.2) is 4.39 Å². The zero-order valence-electron chi connectivity index (χ0n) is 18.3. The van der Waals surface area contributed by atoms with Crippen molar-refractivity contribution in [3.63, 3.8) is 0 Å². The number of benzene rings is 2. The van der Waals surface area contributed by atoms with E-state index in [1.54, 1.807) is 17.2 Å². The van der Waals surface area contributed by atoms with Gasteiger partial charge in [0.15, 0.2) is 0 Å². The zero-order chi connectivity index (χ0) is 23.9. The summed E-state index contributed by atoms with van der Waals surface area (Å²) in [5.74, 6) is -0.426. The Bertz CT molecular complexity index is 1140. The first-order valence-electron chi connectivity index (χ1n) is 10.5. The van der Waals surface area contributed by atoms with Crippen molar-refractivity contribution in [1.29, 1.82) is 5.26 Å². The molecule has 4 rings (SSSR count). The summed E-state index contributed by atoms with van der Waals surface area (Å²) < 4.78 is 59.7. The minimum atomic E-state index is -4.42. The first-order valence-corrected chi connectivity index (χ1v) is 10.5. The second-order valence-electron chi connectivity index (χ2n) is 8.44. The Labute approximate surface area is 190 Å². The number of allylic oxidation sites excluding steroid dienone is 2. The van der Waals surface area contributed by atoms with E-state index >= 15 is 4.39 Å². The summed E-state index contributed by atoms with van der Waals surface area (Å²) >= 11 is 0. The molecule has 0 amide bonds. The Morgan fingerprint density at radius 2 is 1.73 bits per heavy atom. The molecule has 0 spiro atoms. The molecular weight excluding hydrogens is 434 g/mol. The lowest BCUT2D eigenvalue weighted by Gasteiger charge is -2.38. The molecule has 2 aromatic carbocycles. The van der Waals surface area contributed by atoms with E-state index in [0.29, 0.717) is 41.2 Å². The quantitative estimate of drug-likeness (QED) is 0.538. The van der Waals surface area contributed by atoms with E-state index in [-0.39, 0.29) is 24.3 Å². The zero-order valence-corrected chi connectivity index (χ0v) is 18.3. The van der Waals surface area contributed by atoms with Crippen LogP contribution in [-0.4, -0.2) is 25.3 Å². The fourth-order valence-corrected chi connectivity index (χ4v) is 4.32. The third kappa shape index (κ3) is 4.60.